The molecule has 0 saturated heterocycles. The number of hydrogen-bond acceptors (Lipinski definition) is 4. The number of imidazole rings is 1. The van der Waals surface area contributed by atoms with Gasteiger partial charge >= 0.3 is 0 Å². The number of nitrogens with one attached hydrogen (secondary N) is 1. The van der Waals surface area contributed by atoms with Gasteiger partial charge in [0.05, 0.1) is 52.7 Å². The van der Waals surface area contributed by atoms with Crippen LogP contribution in [0.3, 0.4) is 0 Å². The van der Waals surface area contributed by atoms with Gasteiger partial charge in [-0.3, -0.25) is 9.19 Å². The number of H-pyrrole nitrogens is 1. The van der Waals surface area contributed by atoms with Crippen molar-refractivity contribution in [2.75, 3.05) is 7.11 Å². The van der Waals surface area contributed by atoms with Crippen LogP contribution >= 0.6 is 0 Å². The van der Waals surface area contributed by atoms with Crippen molar-refractivity contribution in [3.63, 3.8) is 0 Å². The molecule has 0 radical (unpaired) electrons. The number of benzene rings is 1. The zero-order valence-electron chi connectivity index (χ0n) is 24.6. The summed E-state index contributed by atoms with van der Waals surface area (Å²) in [6, 6.07) is -3.31. The van der Waals surface area contributed by atoms with E-state index in [0.717, 1.165) is 0 Å². The first-order valence-corrected chi connectivity index (χ1v) is 8.40. The van der Waals surface area contributed by atoms with Gasteiger partial charge in [-0.1, -0.05) is 0 Å². The van der Waals surface area contributed by atoms with Crippen LogP contribution < -0.4 is 4.74 Å². The Balaban J connectivity index is 1.93. The van der Waals surface area contributed by atoms with Crippen LogP contribution in [0.1, 0.15) is 26.3 Å². The van der Waals surface area contributed by atoms with Crippen molar-refractivity contribution in [3.8, 4) is 11.4 Å². The molecule has 1 N–H and O–H groups in total. The first kappa shape index (κ1) is 8.18. The van der Waals surface area contributed by atoms with Gasteiger partial charge in [0.15, 0.2) is 5.16 Å². The van der Waals surface area contributed by atoms with Crippen molar-refractivity contribution in [1.29, 1.82) is 0 Å². The highest BCUT2D eigenvalue weighted by atomic mass is 32.2. The monoisotopic (exact) mass is 377 g/mol. The predicted molar refractivity (Wildman–Crippen MR) is 101 cm³/mol. The van der Waals surface area contributed by atoms with Crippen molar-refractivity contribution in [3.05, 3.63) is 66.0 Å². The lowest BCUT2D eigenvalue weighted by Gasteiger charge is -2.08. The molecule has 6 nitrogen and oxygen atoms in total. The standard InChI is InChI=1S/C19H18N4O2S/c1-13-17(20-8-7-18(13)25-2)12-26(24)19-21-15-6-5-14(11-16(15)22-19)23-9-3-4-10-23/h3-11H,12H2,1-2H3,(H,21,22)/i3D,4D,5D,6D,7D,8D,9D,10D,11D,12D2. The number of aromatic nitrogens is 4. The summed E-state index contributed by atoms with van der Waals surface area (Å²) in [7, 11) is -1.42. The molecule has 0 aliphatic carbocycles. The first-order chi connectivity index (χ1) is 17.2. The molecule has 0 fully saturated rings. The number of pyridine rings is 1. The van der Waals surface area contributed by atoms with Gasteiger partial charge in [-0.05, 0) is 43.2 Å². The Morgan fingerprint density at radius 2 is 2.15 bits per heavy atom. The summed E-state index contributed by atoms with van der Waals surface area (Å²) in [5, 5.41) is -0.507. The molecule has 4 rings (SSSR count). The number of nitrogens with zero attached hydrogens (tertiary/aromatic N) is 3. The summed E-state index contributed by atoms with van der Waals surface area (Å²) >= 11 is 0. The Labute approximate surface area is 168 Å². The Morgan fingerprint density at radius 3 is 2.92 bits per heavy atom. The lowest BCUT2D eigenvalue weighted by molar-refractivity contribution is 0.410. The van der Waals surface area contributed by atoms with Gasteiger partial charge in [0, 0.05) is 32.5 Å². The molecule has 132 valence electrons. The Morgan fingerprint density at radius 1 is 1.35 bits per heavy atom. The minimum Gasteiger partial charge on any atom is -0.496 e. The SMILES string of the molecule is [2H]c1nc(C([2H])([2H])S(=O)c2nc3c([2H])c([2H])c(-n4c([2H])c([2H])c([2H])c4[2H])c([2H])c3[nH]2)c(C)c(OC)c1[2H]. The van der Waals surface area contributed by atoms with E-state index in [1.807, 2.05) is 0 Å². The second kappa shape index (κ2) is 6.76. The molecule has 1 aromatic carbocycles. The minimum atomic E-state index is -2.77. The number of hydrogen-bond donors (Lipinski definition) is 1. The minimum absolute atomic E-state index is 0.0482. The molecule has 0 saturated carbocycles. The van der Waals surface area contributed by atoms with Gasteiger partial charge in [0.2, 0.25) is 0 Å². The number of fused-ring (bicyclic) bond motifs is 1. The van der Waals surface area contributed by atoms with E-state index in [0.29, 0.717) is 4.57 Å². The molecule has 4 aromatic rings. The molecule has 3 aromatic heterocycles. The summed E-state index contributed by atoms with van der Waals surface area (Å²) in [5.74, 6) is -0.113. The quantitative estimate of drug-likeness (QED) is 0.579. The molecule has 0 spiro atoms. The van der Waals surface area contributed by atoms with Crippen LogP contribution in [0, 0.1) is 6.92 Å². The lowest BCUT2D eigenvalue weighted by atomic mass is 10.2. The predicted octanol–water partition coefficient (Wildman–Crippen LogP) is 3.37. The molecule has 7 heteroatoms. The van der Waals surface area contributed by atoms with Gasteiger partial charge in [0.25, 0.3) is 0 Å². The van der Waals surface area contributed by atoms with E-state index >= 15 is 0 Å². The molecule has 0 bridgehead atoms. The highest BCUT2D eigenvalue weighted by Crippen LogP contribution is 2.22. The number of rotatable bonds is 5. The molecule has 0 aliphatic rings. The van der Waals surface area contributed by atoms with Gasteiger partial charge in [-0.2, -0.15) is 0 Å². The third kappa shape index (κ3) is 3.01. The molecule has 1 unspecified atom stereocenters. The summed E-state index contributed by atoms with van der Waals surface area (Å²) in [5.41, 5.74) is -4.10. The number of ether oxygens (including phenoxy) is 1. The molecule has 1 atom stereocenters. The molecule has 26 heavy (non-hydrogen) atoms. The van der Waals surface area contributed by atoms with E-state index in [1.54, 1.807) is 0 Å². The van der Waals surface area contributed by atoms with E-state index in [-0.39, 0.29) is 28.4 Å². The maximum Gasteiger partial charge on any atom is 0.197 e. The third-order valence-corrected chi connectivity index (χ3v) is 4.37. The van der Waals surface area contributed by atoms with E-state index in [2.05, 4.69) is 15.0 Å². The van der Waals surface area contributed by atoms with Crippen LogP contribution in [0.5, 0.6) is 5.75 Å². The van der Waals surface area contributed by atoms with Crippen LogP contribution in [0.25, 0.3) is 16.7 Å². The van der Waals surface area contributed by atoms with Crippen molar-refractivity contribution < 1.29 is 24.0 Å². The van der Waals surface area contributed by atoms with Crippen LogP contribution in [0.4, 0.5) is 0 Å². The van der Waals surface area contributed by atoms with Crippen LogP contribution in [0.2, 0.25) is 0 Å². The molecular weight excluding hydrogens is 348 g/mol. The zero-order chi connectivity index (χ0) is 27.7. The normalized spacial score (nSPS) is 18.9. The fourth-order valence-corrected chi connectivity index (χ4v) is 3.01. The molecule has 3 heterocycles. The fraction of sp³-hybridized carbons (Fsp3) is 0.158. The second-order valence-corrected chi connectivity index (χ2v) is 6.15. The van der Waals surface area contributed by atoms with Crippen LogP contribution in [-0.2, 0) is 16.5 Å². The largest absolute Gasteiger partial charge is 0.496 e. The Bertz CT molecular complexity index is 1610. The van der Waals surface area contributed by atoms with Crippen molar-refractivity contribution >= 4 is 21.8 Å². The summed E-state index contributed by atoms with van der Waals surface area (Å²) in [4.78, 5) is 10.3. The van der Waals surface area contributed by atoms with Gasteiger partial charge in [-0.25, -0.2) is 4.98 Å². The van der Waals surface area contributed by atoms with E-state index in [1.165, 1.54) is 14.0 Å². The van der Waals surface area contributed by atoms with Crippen molar-refractivity contribution in [2.24, 2.45) is 0 Å². The topological polar surface area (TPSA) is 72.8 Å². The van der Waals surface area contributed by atoms with E-state index in [4.69, 9.17) is 19.8 Å². The Kier molecular flexibility index (Phi) is 2.13. The third-order valence-electron chi connectivity index (χ3n) is 3.45. The summed E-state index contributed by atoms with van der Waals surface area (Å²) in [6.45, 7) is 1.39. The molecule has 0 aliphatic heterocycles. The van der Waals surface area contributed by atoms with Gasteiger partial charge in [0.1, 0.15) is 5.75 Å². The molecular formula is C19H18N4O2S. The van der Waals surface area contributed by atoms with Crippen LogP contribution in [-0.4, -0.2) is 30.8 Å². The zero-order valence-corrected chi connectivity index (χ0v) is 14.4. The summed E-state index contributed by atoms with van der Waals surface area (Å²) < 4.78 is 109. The fourth-order valence-electron chi connectivity index (χ4n) is 2.17. The average Bonchev–Trinajstić information content (AvgIpc) is 3.37. The van der Waals surface area contributed by atoms with Gasteiger partial charge < -0.3 is 14.3 Å². The van der Waals surface area contributed by atoms with Crippen molar-refractivity contribution in [2.45, 2.75) is 17.8 Å². The molecule has 0 amide bonds. The highest BCUT2D eigenvalue weighted by molar-refractivity contribution is 7.84. The number of aromatic amines is 1. The summed E-state index contributed by atoms with van der Waals surface area (Å²) in [6.07, 6.45) is -1.86. The van der Waals surface area contributed by atoms with E-state index < -0.39 is 81.8 Å². The Hall–Kier alpha value is -2.93. The van der Waals surface area contributed by atoms with Crippen molar-refractivity contribution in [1.82, 2.24) is 19.5 Å². The second-order valence-electron chi connectivity index (χ2n) is 5.02. The maximum absolute atomic E-state index is 13.4. The smallest absolute Gasteiger partial charge is 0.197 e. The maximum atomic E-state index is 13.4. The number of methoxy groups -OCH3 is 1. The average molecular weight is 378 g/mol. The van der Waals surface area contributed by atoms with E-state index in [9.17, 15) is 4.21 Å². The highest BCUT2D eigenvalue weighted by Gasteiger charge is 2.15. The first-order valence-electron chi connectivity index (χ1n) is 12.8. The van der Waals surface area contributed by atoms with Crippen LogP contribution in [0.15, 0.2) is 59.9 Å². The lowest BCUT2D eigenvalue weighted by Crippen LogP contribution is -2.03. The van der Waals surface area contributed by atoms with Gasteiger partial charge in [-0.15, -0.1) is 0 Å².